The van der Waals surface area contributed by atoms with Crippen molar-refractivity contribution in [3.8, 4) is 6.07 Å². The monoisotopic (exact) mass is 271 g/mol. The maximum atomic E-state index is 11.4. The van der Waals surface area contributed by atoms with E-state index >= 15 is 0 Å². The fraction of sp³-hybridized carbons (Fsp3) is 0.0714. The highest BCUT2D eigenvalue weighted by Crippen LogP contribution is 2.13. The minimum atomic E-state index is -0.469. The van der Waals surface area contributed by atoms with Gasteiger partial charge in [-0.1, -0.05) is 29.8 Å². The summed E-state index contributed by atoms with van der Waals surface area (Å²) in [5.74, 6) is 0. The molecule has 2 aromatic rings. The van der Waals surface area contributed by atoms with Crippen LogP contribution in [0.15, 0.2) is 29.1 Å². The molecule has 2 rings (SSSR count). The Morgan fingerprint density at radius 2 is 2.00 bits per heavy atom. The lowest BCUT2D eigenvalue weighted by Gasteiger charge is -2.00. The van der Waals surface area contributed by atoms with Crippen LogP contribution in [0.2, 0.25) is 5.02 Å². The third-order valence-electron chi connectivity index (χ3n) is 2.68. The molecule has 0 saturated heterocycles. The van der Waals surface area contributed by atoms with Gasteiger partial charge < -0.3 is 0 Å². The highest BCUT2D eigenvalue weighted by molar-refractivity contribution is 6.30. The number of nitrogens with zero attached hydrogens (tertiary/aromatic N) is 2. The van der Waals surface area contributed by atoms with Gasteiger partial charge in [-0.3, -0.25) is 4.79 Å². The second kappa shape index (κ2) is 5.51. The summed E-state index contributed by atoms with van der Waals surface area (Å²) < 4.78 is 0. The minimum absolute atomic E-state index is 0.0887. The van der Waals surface area contributed by atoms with Crippen LogP contribution in [0.5, 0.6) is 0 Å². The van der Waals surface area contributed by atoms with Gasteiger partial charge in [0.05, 0.1) is 5.69 Å². The molecule has 0 aliphatic rings. The van der Waals surface area contributed by atoms with Crippen molar-refractivity contribution in [1.82, 2.24) is 10.2 Å². The predicted molar refractivity (Wildman–Crippen MR) is 74.7 cm³/mol. The Morgan fingerprint density at radius 1 is 1.32 bits per heavy atom. The summed E-state index contributed by atoms with van der Waals surface area (Å²) in [6.45, 7) is 1.70. The predicted octanol–water partition coefficient (Wildman–Crippen LogP) is 2.77. The number of aromatic nitrogens is 2. The molecule has 0 bridgehead atoms. The molecule has 1 aromatic heterocycles. The topological polar surface area (TPSA) is 69.5 Å². The summed E-state index contributed by atoms with van der Waals surface area (Å²) in [6, 6.07) is 9.18. The van der Waals surface area contributed by atoms with Crippen molar-refractivity contribution in [1.29, 1.82) is 5.26 Å². The van der Waals surface area contributed by atoms with E-state index in [9.17, 15) is 4.79 Å². The number of halogens is 1. The molecule has 4 nitrogen and oxygen atoms in total. The van der Waals surface area contributed by atoms with Crippen molar-refractivity contribution in [3.05, 3.63) is 62.0 Å². The molecule has 19 heavy (non-hydrogen) atoms. The zero-order chi connectivity index (χ0) is 13.8. The number of nitrogens with one attached hydrogen (secondary N) is 1. The summed E-state index contributed by atoms with van der Waals surface area (Å²) in [5.41, 5.74) is 1.70. The van der Waals surface area contributed by atoms with Crippen LogP contribution in [0, 0.1) is 18.3 Å². The Labute approximate surface area is 115 Å². The summed E-state index contributed by atoms with van der Waals surface area (Å²) >= 11 is 5.80. The first kappa shape index (κ1) is 13.1. The molecule has 5 heteroatoms. The second-order valence-electron chi connectivity index (χ2n) is 3.93. The first-order chi connectivity index (χ1) is 9.11. The van der Waals surface area contributed by atoms with Crippen LogP contribution < -0.4 is 5.56 Å². The van der Waals surface area contributed by atoms with E-state index in [1.54, 1.807) is 25.1 Å². The smallest absolute Gasteiger partial charge is 0.267 e. The van der Waals surface area contributed by atoms with E-state index in [1.165, 1.54) is 0 Å². The van der Waals surface area contributed by atoms with Crippen LogP contribution in [0.4, 0.5) is 0 Å². The normalized spacial score (nSPS) is 10.6. The molecule has 1 heterocycles. The zero-order valence-electron chi connectivity index (χ0n) is 10.1. The third kappa shape index (κ3) is 2.90. The summed E-state index contributed by atoms with van der Waals surface area (Å²) in [5, 5.41) is 15.8. The van der Waals surface area contributed by atoms with Gasteiger partial charge in [-0.05, 0) is 36.3 Å². The molecule has 1 aromatic carbocycles. The highest BCUT2D eigenvalue weighted by Gasteiger charge is 2.07. The van der Waals surface area contributed by atoms with Crippen molar-refractivity contribution < 1.29 is 0 Å². The van der Waals surface area contributed by atoms with Gasteiger partial charge in [0, 0.05) is 5.02 Å². The number of nitriles is 1. The molecule has 1 N–H and O–H groups in total. The average molecular weight is 272 g/mol. The van der Waals surface area contributed by atoms with Gasteiger partial charge in [0.25, 0.3) is 5.56 Å². The van der Waals surface area contributed by atoms with Crippen molar-refractivity contribution >= 4 is 23.8 Å². The van der Waals surface area contributed by atoms with Crippen molar-refractivity contribution in [2.45, 2.75) is 6.92 Å². The quantitative estimate of drug-likeness (QED) is 0.913. The van der Waals surface area contributed by atoms with Crippen molar-refractivity contribution in [2.24, 2.45) is 0 Å². The van der Waals surface area contributed by atoms with Gasteiger partial charge in [-0.15, -0.1) is 0 Å². The standard InChI is InChI=1S/C14H10ClN3O/c1-9-12(8-16)14(19)18-17-13(9)7-4-10-2-5-11(15)6-3-10/h2-7H,1H3,(H,18,19). The molecule has 0 fully saturated rings. The lowest BCUT2D eigenvalue weighted by atomic mass is 10.1. The molecule has 0 aliphatic heterocycles. The molecule has 0 unspecified atom stereocenters. The summed E-state index contributed by atoms with van der Waals surface area (Å²) in [7, 11) is 0. The maximum absolute atomic E-state index is 11.4. The Balaban J connectivity index is 2.37. The van der Waals surface area contributed by atoms with E-state index in [2.05, 4.69) is 10.2 Å². The highest BCUT2D eigenvalue weighted by atomic mass is 35.5. The van der Waals surface area contributed by atoms with E-state index in [-0.39, 0.29) is 5.56 Å². The Kier molecular flexibility index (Phi) is 3.79. The van der Waals surface area contributed by atoms with Gasteiger partial charge in [0.1, 0.15) is 11.6 Å². The Hall–Kier alpha value is -2.38. The SMILES string of the molecule is Cc1c(C=Cc2ccc(Cl)cc2)n[nH]c(=O)c1C#N. The summed E-state index contributed by atoms with van der Waals surface area (Å²) in [6.07, 6.45) is 3.58. The molecule has 0 atom stereocenters. The molecule has 0 aliphatic carbocycles. The first-order valence-corrected chi connectivity index (χ1v) is 5.92. The number of rotatable bonds is 2. The van der Waals surface area contributed by atoms with Crippen molar-refractivity contribution in [2.75, 3.05) is 0 Å². The second-order valence-corrected chi connectivity index (χ2v) is 4.37. The van der Waals surface area contributed by atoms with E-state index < -0.39 is 5.56 Å². The fourth-order valence-corrected chi connectivity index (χ4v) is 1.72. The lowest BCUT2D eigenvalue weighted by Crippen LogP contribution is -2.15. The largest absolute Gasteiger partial charge is 0.282 e. The summed E-state index contributed by atoms with van der Waals surface area (Å²) in [4.78, 5) is 11.4. The minimum Gasteiger partial charge on any atom is -0.267 e. The molecular formula is C14H10ClN3O. The van der Waals surface area contributed by atoms with Crippen LogP contribution in [0.1, 0.15) is 22.4 Å². The molecular weight excluding hydrogens is 262 g/mol. The number of H-pyrrole nitrogens is 1. The molecule has 0 amide bonds. The fourth-order valence-electron chi connectivity index (χ4n) is 1.60. The Morgan fingerprint density at radius 3 is 2.63 bits per heavy atom. The van der Waals surface area contributed by atoms with Gasteiger partial charge >= 0.3 is 0 Å². The third-order valence-corrected chi connectivity index (χ3v) is 2.93. The van der Waals surface area contributed by atoms with Crippen LogP contribution >= 0.6 is 11.6 Å². The lowest BCUT2D eigenvalue weighted by molar-refractivity contribution is 0.952. The van der Waals surface area contributed by atoms with E-state index in [1.807, 2.05) is 24.3 Å². The molecule has 0 radical (unpaired) electrons. The van der Waals surface area contributed by atoms with Crippen molar-refractivity contribution in [3.63, 3.8) is 0 Å². The van der Waals surface area contributed by atoms with Crippen LogP contribution in [0.25, 0.3) is 12.2 Å². The number of benzene rings is 1. The van der Waals surface area contributed by atoms with Gasteiger partial charge in [-0.2, -0.15) is 10.4 Å². The van der Waals surface area contributed by atoms with Gasteiger partial charge in [0.2, 0.25) is 0 Å². The average Bonchev–Trinajstić information content (AvgIpc) is 2.40. The van der Waals surface area contributed by atoms with Crippen LogP contribution in [0.3, 0.4) is 0 Å². The molecule has 94 valence electrons. The van der Waals surface area contributed by atoms with Gasteiger partial charge in [0.15, 0.2) is 0 Å². The van der Waals surface area contributed by atoms with Crippen LogP contribution in [-0.2, 0) is 0 Å². The molecule has 0 spiro atoms. The maximum Gasteiger partial charge on any atom is 0.282 e. The van der Waals surface area contributed by atoms with E-state index in [0.717, 1.165) is 5.56 Å². The number of hydrogen-bond donors (Lipinski definition) is 1. The van der Waals surface area contributed by atoms with E-state index in [4.69, 9.17) is 16.9 Å². The molecule has 0 saturated carbocycles. The number of hydrogen-bond acceptors (Lipinski definition) is 3. The van der Waals surface area contributed by atoms with E-state index in [0.29, 0.717) is 16.3 Å². The Bertz CT molecular complexity index is 724. The first-order valence-electron chi connectivity index (χ1n) is 5.55. The van der Waals surface area contributed by atoms with Gasteiger partial charge in [-0.25, -0.2) is 5.10 Å². The zero-order valence-corrected chi connectivity index (χ0v) is 10.9. The van der Waals surface area contributed by atoms with Crippen LogP contribution in [-0.4, -0.2) is 10.2 Å². The number of aromatic amines is 1.